The molecule has 3 aromatic rings. The second-order valence-corrected chi connectivity index (χ2v) is 13.0. The number of aliphatic imine (C=N–C) groups is 1. The van der Waals surface area contributed by atoms with Crippen molar-refractivity contribution in [2.45, 2.75) is 51.3 Å². The van der Waals surface area contributed by atoms with Crippen molar-refractivity contribution in [1.29, 1.82) is 0 Å². The summed E-state index contributed by atoms with van der Waals surface area (Å²) in [7, 11) is 1.54. The largest absolute Gasteiger partial charge is 0.444 e. The quantitative estimate of drug-likeness (QED) is 0.220. The molecule has 1 aromatic heterocycles. The van der Waals surface area contributed by atoms with E-state index >= 15 is 0 Å². The van der Waals surface area contributed by atoms with Crippen molar-refractivity contribution in [3.63, 3.8) is 0 Å². The third kappa shape index (κ3) is 7.92. The second kappa shape index (κ2) is 12.9. The molecule has 1 fully saturated rings. The van der Waals surface area contributed by atoms with Crippen molar-refractivity contribution >= 4 is 45.9 Å². The lowest BCUT2D eigenvalue weighted by Gasteiger charge is -2.41. The van der Waals surface area contributed by atoms with Gasteiger partial charge in [-0.15, -0.1) is 0 Å². The molecule has 3 heterocycles. The molecule has 0 aliphatic carbocycles. The molecule has 5 rings (SSSR count). The van der Waals surface area contributed by atoms with Gasteiger partial charge in [0.15, 0.2) is 5.17 Å². The first-order valence-corrected chi connectivity index (χ1v) is 15.2. The second-order valence-electron chi connectivity index (χ2n) is 12.0. The predicted molar refractivity (Wildman–Crippen MR) is 163 cm³/mol. The molecule has 0 bridgehead atoms. The van der Waals surface area contributed by atoms with Crippen LogP contribution in [-0.2, 0) is 33.2 Å². The van der Waals surface area contributed by atoms with Crippen LogP contribution >= 0.6 is 11.8 Å². The molecule has 1 atom stereocenters. The summed E-state index contributed by atoms with van der Waals surface area (Å²) >= 11 is 1.18. The molecule has 2 aliphatic rings. The van der Waals surface area contributed by atoms with Crippen molar-refractivity contribution in [1.82, 2.24) is 19.6 Å². The van der Waals surface area contributed by atoms with Gasteiger partial charge in [-0.3, -0.25) is 14.4 Å². The number of benzene rings is 2. The van der Waals surface area contributed by atoms with Crippen molar-refractivity contribution < 1.29 is 45.4 Å². The van der Waals surface area contributed by atoms with Crippen molar-refractivity contribution in [2.24, 2.45) is 4.99 Å². The van der Waals surface area contributed by atoms with E-state index in [2.05, 4.69) is 10.1 Å². The number of thioether (sulfide) groups is 1. The summed E-state index contributed by atoms with van der Waals surface area (Å²) in [6, 6.07) is 6.18. The normalized spacial score (nSPS) is 18.8. The zero-order valence-corrected chi connectivity index (χ0v) is 26.6. The highest BCUT2D eigenvalue weighted by atomic mass is 32.2. The van der Waals surface area contributed by atoms with Crippen LogP contribution in [0.3, 0.4) is 0 Å². The smallest absolute Gasteiger partial charge is 0.416 e. The first kappa shape index (κ1) is 34.3. The van der Waals surface area contributed by atoms with Gasteiger partial charge in [-0.25, -0.2) is 4.79 Å². The summed E-state index contributed by atoms with van der Waals surface area (Å²) in [5, 5.41) is 5.20. The Labute approximate surface area is 270 Å². The van der Waals surface area contributed by atoms with Gasteiger partial charge in [-0.2, -0.15) is 36.4 Å². The number of nitrogens with zero attached hydrogens (tertiary/aromatic N) is 5. The van der Waals surface area contributed by atoms with Crippen molar-refractivity contribution in [3.05, 3.63) is 69.8 Å². The highest BCUT2D eigenvalue weighted by molar-refractivity contribution is 8.18. The molecule has 16 heteroatoms. The number of piperazine rings is 1. The number of alkyl halides is 6. The Morgan fingerprint density at radius 3 is 2.45 bits per heavy atom. The van der Waals surface area contributed by atoms with Gasteiger partial charge in [0.1, 0.15) is 5.60 Å². The fourth-order valence-corrected chi connectivity index (χ4v) is 6.19. The van der Waals surface area contributed by atoms with E-state index in [4.69, 9.17) is 9.47 Å². The molecule has 2 amide bonds. The molecule has 1 saturated heterocycles. The van der Waals surface area contributed by atoms with Crippen LogP contribution in [0.2, 0.25) is 0 Å². The molecule has 252 valence electrons. The van der Waals surface area contributed by atoms with Crippen molar-refractivity contribution in [3.8, 4) is 0 Å². The number of carbonyl (C=O) groups is 2. The van der Waals surface area contributed by atoms with Gasteiger partial charge in [0.05, 0.1) is 46.9 Å². The number of fused-ring (bicyclic) bond motifs is 1. The van der Waals surface area contributed by atoms with Gasteiger partial charge in [0.25, 0.3) is 5.91 Å². The monoisotopic (exact) mass is 683 g/mol. The van der Waals surface area contributed by atoms with E-state index in [1.807, 2.05) is 4.90 Å². The summed E-state index contributed by atoms with van der Waals surface area (Å²) in [5.41, 5.74) is -2.73. The highest BCUT2D eigenvalue weighted by Gasteiger charge is 2.39. The van der Waals surface area contributed by atoms with E-state index in [-0.39, 0.29) is 24.3 Å². The van der Waals surface area contributed by atoms with E-state index in [0.29, 0.717) is 52.2 Å². The Kier molecular flexibility index (Phi) is 9.38. The molecule has 2 aromatic carbocycles. The molecule has 2 aliphatic heterocycles. The lowest BCUT2D eigenvalue weighted by molar-refractivity contribution is -0.143. The third-order valence-corrected chi connectivity index (χ3v) is 8.42. The maximum absolute atomic E-state index is 13.7. The minimum absolute atomic E-state index is 0.108. The number of rotatable bonds is 5. The molecule has 47 heavy (non-hydrogen) atoms. The lowest BCUT2D eigenvalue weighted by Crippen LogP contribution is -2.58. The van der Waals surface area contributed by atoms with Crippen LogP contribution in [0, 0.1) is 0 Å². The minimum atomic E-state index is -5.00. The Balaban J connectivity index is 1.30. The van der Waals surface area contributed by atoms with Gasteiger partial charge in [-0.05, 0) is 74.0 Å². The highest BCUT2D eigenvalue weighted by Crippen LogP contribution is 2.38. The summed E-state index contributed by atoms with van der Waals surface area (Å²) in [6.07, 6.45) is -7.30. The SMILES string of the molecule is COC[C@@H]1CN(C2=NC(=O)C(=Cc3ccc4c(cnn4Cc4ccc(C(F)(F)F)cc4C(F)(F)F)c3)S2)CCN1C(=O)OC(C)(C)C. The van der Waals surface area contributed by atoms with Gasteiger partial charge >= 0.3 is 18.4 Å². The molecule has 0 saturated carbocycles. The molecule has 9 nitrogen and oxygen atoms in total. The number of halogens is 6. The Morgan fingerprint density at radius 1 is 1.04 bits per heavy atom. The first-order valence-electron chi connectivity index (χ1n) is 14.4. The zero-order chi connectivity index (χ0) is 34.3. The van der Waals surface area contributed by atoms with E-state index in [0.717, 1.165) is 6.07 Å². The van der Waals surface area contributed by atoms with E-state index in [1.165, 1.54) is 29.8 Å². The molecule has 0 N–H and O–H groups in total. The number of methoxy groups -OCH3 is 1. The van der Waals surface area contributed by atoms with Gasteiger partial charge < -0.3 is 14.4 Å². The molecule has 0 spiro atoms. The summed E-state index contributed by atoms with van der Waals surface area (Å²) in [4.78, 5) is 33.7. The summed E-state index contributed by atoms with van der Waals surface area (Å²) < 4.78 is 92.4. The maximum atomic E-state index is 13.7. The fraction of sp³-hybridized carbons (Fsp3) is 0.419. The Morgan fingerprint density at radius 2 is 1.79 bits per heavy atom. The number of ether oxygens (including phenoxy) is 2. The van der Waals surface area contributed by atoms with E-state index in [1.54, 1.807) is 49.9 Å². The van der Waals surface area contributed by atoms with Crippen LogP contribution in [0.5, 0.6) is 0 Å². The lowest BCUT2D eigenvalue weighted by atomic mass is 10.0. The fourth-order valence-electron chi connectivity index (χ4n) is 5.25. The van der Waals surface area contributed by atoms with Crippen LogP contribution in [0.25, 0.3) is 17.0 Å². The number of hydrogen-bond acceptors (Lipinski definition) is 7. The Hall–Kier alpha value is -4.05. The van der Waals surface area contributed by atoms with E-state index in [9.17, 15) is 35.9 Å². The number of amidine groups is 1. The molecule has 0 unspecified atom stereocenters. The van der Waals surface area contributed by atoms with Gasteiger partial charge in [0.2, 0.25) is 0 Å². The average molecular weight is 684 g/mol. The predicted octanol–water partition coefficient (Wildman–Crippen LogP) is 6.66. The number of carbonyl (C=O) groups excluding carboxylic acids is 2. The third-order valence-electron chi connectivity index (χ3n) is 7.38. The summed E-state index contributed by atoms with van der Waals surface area (Å²) in [5.74, 6) is -0.444. The summed E-state index contributed by atoms with van der Waals surface area (Å²) in [6.45, 7) is 6.35. The topological polar surface area (TPSA) is 89.3 Å². The zero-order valence-electron chi connectivity index (χ0n) is 25.8. The van der Waals surface area contributed by atoms with Gasteiger partial charge in [0, 0.05) is 32.1 Å². The van der Waals surface area contributed by atoms with Crippen LogP contribution in [0.4, 0.5) is 31.1 Å². The molecular formula is C31H31F6N5O4S. The standard InChI is InChI=1S/C31H31F6N5O4S/c1-29(2,3)46-28(44)41-10-9-40(16-22(41)17-45-4)27-39-26(43)25(47-27)12-18-5-8-24-20(11-18)14-38-42(24)15-19-6-7-21(30(32,33)34)13-23(19)31(35,36)37/h5-8,11-14,22H,9-10,15-17H2,1-4H3/t22-/m0/s1. The van der Waals surface area contributed by atoms with Gasteiger partial charge in [-0.1, -0.05) is 12.1 Å². The minimum Gasteiger partial charge on any atom is -0.444 e. The number of aromatic nitrogens is 2. The maximum Gasteiger partial charge on any atom is 0.416 e. The van der Waals surface area contributed by atoms with Crippen LogP contribution in [-0.4, -0.2) is 81.7 Å². The van der Waals surface area contributed by atoms with Crippen molar-refractivity contribution in [2.75, 3.05) is 33.4 Å². The average Bonchev–Trinajstić information content (AvgIpc) is 3.53. The van der Waals surface area contributed by atoms with Crippen LogP contribution in [0.1, 0.15) is 43.0 Å². The molecular weight excluding hydrogens is 652 g/mol. The van der Waals surface area contributed by atoms with Crippen LogP contribution in [0.15, 0.2) is 52.5 Å². The van der Waals surface area contributed by atoms with E-state index < -0.39 is 47.6 Å². The number of amides is 2. The molecule has 0 radical (unpaired) electrons. The van der Waals surface area contributed by atoms with Crippen LogP contribution < -0.4 is 0 Å². The Bertz CT molecular complexity index is 1740. The number of hydrogen-bond donors (Lipinski definition) is 0. The first-order chi connectivity index (χ1) is 21.9.